The largest absolute Gasteiger partial charge is 0.349 e. The summed E-state index contributed by atoms with van der Waals surface area (Å²) in [5.74, 6) is -0.596. The molecule has 2 N–H and O–H groups in total. The Hall–Kier alpha value is -3.11. The van der Waals surface area contributed by atoms with Crippen molar-refractivity contribution in [3.8, 4) is 0 Å². The molecule has 1 atom stereocenters. The summed E-state index contributed by atoms with van der Waals surface area (Å²) < 4.78 is 0. The Morgan fingerprint density at radius 1 is 0.821 bits per heavy atom. The van der Waals surface area contributed by atoms with Crippen molar-refractivity contribution in [2.45, 2.75) is 19.4 Å². The van der Waals surface area contributed by atoms with Gasteiger partial charge in [-0.1, -0.05) is 66.2 Å². The molecule has 0 aliphatic heterocycles. The lowest BCUT2D eigenvalue weighted by Gasteiger charge is -2.16. The number of halogens is 1. The van der Waals surface area contributed by atoms with Crippen molar-refractivity contribution in [1.29, 1.82) is 0 Å². The Bertz CT molecular complexity index is 973. The lowest BCUT2D eigenvalue weighted by atomic mass is 10.1. The lowest BCUT2D eigenvalue weighted by molar-refractivity contribution is 0.0941. The fourth-order valence-electron chi connectivity index (χ4n) is 2.95. The number of para-hydroxylation sites is 1. The number of hydrogen-bond donors (Lipinski definition) is 2. The van der Waals surface area contributed by atoms with Crippen molar-refractivity contribution in [2.24, 2.45) is 0 Å². The Morgan fingerprint density at radius 2 is 1.43 bits per heavy atom. The molecule has 3 aromatic carbocycles. The van der Waals surface area contributed by atoms with Gasteiger partial charge in [0, 0.05) is 6.04 Å². The molecule has 3 rings (SSSR count). The normalized spacial score (nSPS) is 11.5. The summed E-state index contributed by atoms with van der Waals surface area (Å²) >= 11 is 6.09. The Kier molecular flexibility index (Phi) is 6.45. The third-order valence-electron chi connectivity index (χ3n) is 4.30. The van der Waals surface area contributed by atoms with Gasteiger partial charge in [-0.2, -0.15) is 0 Å². The highest BCUT2D eigenvalue weighted by Gasteiger charge is 2.17. The number of benzene rings is 3. The molecule has 142 valence electrons. The number of amides is 2. The van der Waals surface area contributed by atoms with Crippen molar-refractivity contribution in [2.75, 3.05) is 5.32 Å². The fraction of sp³-hybridized carbons (Fsp3) is 0.130. The minimum Gasteiger partial charge on any atom is -0.349 e. The molecule has 0 unspecified atom stereocenters. The molecule has 0 aliphatic rings. The minimum absolute atomic E-state index is 0.0535. The Balaban J connectivity index is 1.71. The second-order valence-electron chi connectivity index (χ2n) is 6.54. The van der Waals surface area contributed by atoms with Crippen LogP contribution in [0.5, 0.6) is 0 Å². The third-order valence-corrected chi connectivity index (χ3v) is 4.63. The van der Waals surface area contributed by atoms with E-state index in [2.05, 4.69) is 10.6 Å². The summed E-state index contributed by atoms with van der Waals surface area (Å²) in [5.41, 5.74) is 2.35. The zero-order valence-electron chi connectivity index (χ0n) is 15.5. The van der Waals surface area contributed by atoms with Gasteiger partial charge >= 0.3 is 0 Å². The van der Waals surface area contributed by atoms with Crippen molar-refractivity contribution in [3.05, 3.63) is 101 Å². The molecular formula is C23H21ClN2O2. The number of rotatable bonds is 6. The van der Waals surface area contributed by atoms with Gasteiger partial charge in [0.25, 0.3) is 11.8 Å². The molecule has 0 saturated carbocycles. The number of hydrogen-bond acceptors (Lipinski definition) is 2. The fourth-order valence-corrected chi connectivity index (χ4v) is 3.17. The van der Waals surface area contributed by atoms with E-state index in [1.54, 1.807) is 48.5 Å². The van der Waals surface area contributed by atoms with Crippen LogP contribution in [-0.2, 0) is 6.42 Å². The second kappa shape index (κ2) is 9.20. The zero-order valence-corrected chi connectivity index (χ0v) is 16.2. The van der Waals surface area contributed by atoms with Crippen LogP contribution in [0.1, 0.15) is 33.2 Å². The van der Waals surface area contributed by atoms with Gasteiger partial charge in [-0.25, -0.2) is 0 Å². The second-order valence-corrected chi connectivity index (χ2v) is 6.95. The van der Waals surface area contributed by atoms with Gasteiger partial charge < -0.3 is 10.6 Å². The quantitative estimate of drug-likeness (QED) is 0.623. The van der Waals surface area contributed by atoms with Crippen molar-refractivity contribution in [3.63, 3.8) is 0 Å². The molecule has 0 bridgehead atoms. The van der Waals surface area contributed by atoms with Crippen molar-refractivity contribution in [1.82, 2.24) is 5.32 Å². The predicted molar refractivity (Wildman–Crippen MR) is 113 cm³/mol. The molecule has 0 spiro atoms. The standard InChI is InChI=1S/C23H21ClN2O2/c1-16(15-17-9-3-2-4-10-17)25-23(28)19-12-6-8-14-21(19)26-22(27)18-11-5-7-13-20(18)24/h2-14,16H,15H2,1H3,(H,25,28)(H,26,27)/t16-/m0/s1. The van der Waals surface area contributed by atoms with E-state index in [9.17, 15) is 9.59 Å². The summed E-state index contributed by atoms with van der Waals surface area (Å²) in [6, 6.07) is 23.6. The first-order chi connectivity index (χ1) is 13.5. The molecule has 5 heteroatoms. The summed E-state index contributed by atoms with van der Waals surface area (Å²) in [5, 5.41) is 6.14. The lowest BCUT2D eigenvalue weighted by Crippen LogP contribution is -2.34. The number of anilines is 1. The first-order valence-electron chi connectivity index (χ1n) is 9.04. The van der Waals surface area contributed by atoms with Crippen molar-refractivity contribution < 1.29 is 9.59 Å². The van der Waals surface area contributed by atoms with E-state index in [0.717, 1.165) is 12.0 Å². The molecule has 0 fully saturated rings. The van der Waals surface area contributed by atoms with E-state index in [0.29, 0.717) is 21.8 Å². The van der Waals surface area contributed by atoms with Crippen LogP contribution in [0.4, 0.5) is 5.69 Å². The van der Waals surface area contributed by atoms with Crippen LogP contribution in [0.25, 0.3) is 0 Å². The molecule has 0 saturated heterocycles. The van der Waals surface area contributed by atoms with Crippen LogP contribution in [-0.4, -0.2) is 17.9 Å². The topological polar surface area (TPSA) is 58.2 Å². The van der Waals surface area contributed by atoms with Gasteiger partial charge in [-0.05, 0) is 43.2 Å². The van der Waals surface area contributed by atoms with Crippen LogP contribution in [0.2, 0.25) is 5.02 Å². The van der Waals surface area contributed by atoms with Gasteiger partial charge in [0.05, 0.1) is 21.8 Å². The van der Waals surface area contributed by atoms with Crippen LogP contribution in [0.15, 0.2) is 78.9 Å². The maximum Gasteiger partial charge on any atom is 0.257 e. The van der Waals surface area contributed by atoms with Crippen LogP contribution < -0.4 is 10.6 Å². The first-order valence-corrected chi connectivity index (χ1v) is 9.42. The molecule has 3 aromatic rings. The van der Waals surface area contributed by atoms with Crippen LogP contribution in [0.3, 0.4) is 0 Å². The van der Waals surface area contributed by atoms with E-state index >= 15 is 0 Å². The average molecular weight is 393 g/mol. The highest BCUT2D eigenvalue weighted by Crippen LogP contribution is 2.20. The molecule has 0 heterocycles. The zero-order chi connectivity index (χ0) is 19.9. The van der Waals surface area contributed by atoms with Crippen LogP contribution >= 0.6 is 11.6 Å². The first kappa shape index (κ1) is 19.6. The summed E-state index contributed by atoms with van der Waals surface area (Å²) in [6.45, 7) is 1.95. The monoisotopic (exact) mass is 392 g/mol. The molecule has 2 amide bonds. The molecule has 0 aromatic heterocycles. The van der Waals surface area contributed by atoms with Gasteiger partial charge in [0.15, 0.2) is 0 Å². The molecule has 0 radical (unpaired) electrons. The maximum absolute atomic E-state index is 12.8. The van der Waals surface area contributed by atoms with E-state index in [1.165, 1.54) is 0 Å². The average Bonchev–Trinajstić information content (AvgIpc) is 2.69. The van der Waals surface area contributed by atoms with Gasteiger partial charge in [0.1, 0.15) is 0 Å². The highest BCUT2D eigenvalue weighted by molar-refractivity contribution is 6.34. The molecule has 0 aliphatic carbocycles. The molecular weight excluding hydrogens is 372 g/mol. The van der Waals surface area contributed by atoms with E-state index in [-0.39, 0.29) is 17.9 Å². The van der Waals surface area contributed by atoms with E-state index < -0.39 is 0 Å². The summed E-state index contributed by atoms with van der Waals surface area (Å²) in [6.07, 6.45) is 0.723. The van der Waals surface area contributed by atoms with Gasteiger partial charge in [-0.15, -0.1) is 0 Å². The molecule has 28 heavy (non-hydrogen) atoms. The maximum atomic E-state index is 12.8. The van der Waals surface area contributed by atoms with E-state index in [4.69, 9.17) is 11.6 Å². The molecule has 4 nitrogen and oxygen atoms in total. The number of carbonyl (C=O) groups is 2. The number of nitrogens with one attached hydrogen (secondary N) is 2. The Morgan fingerprint density at radius 3 is 2.14 bits per heavy atom. The third kappa shape index (κ3) is 4.99. The number of carbonyl (C=O) groups excluding carboxylic acids is 2. The summed E-state index contributed by atoms with van der Waals surface area (Å²) in [7, 11) is 0. The predicted octanol–water partition coefficient (Wildman–Crippen LogP) is 4.95. The van der Waals surface area contributed by atoms with Gasteiger partial charge in [-0.3, -0.25) is 9.59 Å². The highest BCUT2D eigenvalue weighted by atomic mass is 35.5. The van der Waals surface area contributed by atoms with E-state index in [1.807, 2.05) is 37.3 Å². The minimum atomic E-state index is -0.358. The van der Waals surface area contributed by atoms with Crippen molar-refractivity contribution >= 4 is 29.1 Å². The van der Waals surface area contributed by atoms with Crippen LogP contribution in [0, 0.1) is 0 Å². The Labute approximate surface area is 169 Å². The summed E-state index contributed by atoms with van der Waals surface area (Å²) in [4.78, 5) is 25.3. The smallest absolute Gasteiger partial charge is 0.257 e. The van der Waals surface area contributed by atoms with Gasteiger partial charge in [0.2, 0.25) is 0 Å². The SMILES string of the molecule is C[C@@H](Cc1ccccc1)NC(=O)c1ccccc1NC(=O)c1ccccc1Cl.